The van der Waals surface area contributed by atoms with Crippen molar-refractivity contribution in [2.45, 2.75) is 52.2 Å². The molecular weight excluding hydrogens is 276 g/mol. The van der Waals surface area contributed by atoms with E-state index in [2.05, 4.69) is 20.4 Å². The van der Waals surface area contributed by atoms with E-state index < -0.39 is 11.7 Å². The van der Waals surface area contributed by atoms with Crippen molar-refractivity contribution >= 4 is 22.6 Å². The number of ether oxygens (including phenoxy) is 1. The zero-order valence-electron chi connectivity index (χ0n) is 12.3. The highest BCUT2D eigenvalue weighted by atomic mass is 32.1. The summed E-state index contributed by atoms with van der Waals surface area (Å²) in [6.45, 7) is 8.54. The van der Waals surface area contributed by atoms with Crippen LogP contribution >= 0.6 is 11.3 Å². The zero-order valence-corrected chi connectivity index (χ0v) is 13.1. The Morgan fingerprint density at radius 2 is 2.00 bits per heavy atom. The van der Waals surface area contributed by atoms with E-state index in [0.29, 0.717) is 5.13 Å². The fourth-order valence-corrected chi connectivity index (χ4v) is 2.84. The van der Waals surface area contributed by atoms with Crippen LogP contribution in [0.15, 0.2) is 0 Å². The number of likely N-dealkylation sites (tertiary alicyclic amines) is 1. The van der Waals surface area contributed by atoms with Gasteiger partial charge < -0.3 is 4.74 Å². The first-order chi connectivity index (χ1) is 9.42. The van der Waals surface area contributed by atoms with Gasteiger partial charge in [-0.1, -0.05) is 17.8 Å². The number of carbonyl (C=O) groups excluding carboxylic acids is 1. The van der Waals surface area contributed by atoms with Crippen molar-refractivity contribution in [3.8, 4) is 0 Å². The minimum Gasteiger partial charge on any atom is -0.444 e. The quantitative estimate of drug-likeness (QED) is 0.929. The smallest absolute Gasteiger partial charge is 0.414 e. The van der Waals surface area contributed by atoms with Gasteiger partial charge in [-0.2, -0.15) is 0 Å². The minimum atomic E-state index is -0.509. The Balaban J connectivity index is 1.84. The molecule has 0 aromatic carbocycles. The second-order valence-electron chi connectivity index (χ2n) is 5.96. The lowest BCUT2D eigenvalue weighted by molar-refractivity contribution is 0.0636. The van der Waals surface area contributed by atoms with Gasteiger partial charge in [0.15, 0.2) is 0 Å². The second-order valence-corrected chi connectivity index (χ2v) is 7.03. The maximum Gasteiger partial charge on any atom is 0.414 e. The molecule has 2 heterocycles. The van der Waals surface area contributed by atoms with Crippen LogP contribution in [0.25, 0.3) is 0 Å². The monoisotopic (exact) mass is 298 g/mol. The Morgan fingerprint density at radius 1 is 1.30 bits per heavy atom. The van der Waals surface area contributed by atoms with E-state index in [1.165, 1.54) is 30.6 Å². The molecule has 0 radical (unpaired) electrons. The number of anilines is 1. The van der Waals surface area contributed by atoms with Crippen LogP contribution in [0.1, 0.15) is 45.0 Å². The Hall–Kier alpha value is -1.21. The van der Waals surface area contributed by atoms with Gasteiger partial charge in [0.1, 0.15) is 10.6 Å². The van der Waals surface area contributed by atoms with Gasteiger partial charge in [-0.05, 0) is 46.7 Å². The number of piperidine rings is 1. The number of aromatic nitrogens is 2. The molecule has 0 atom stereocenters. The first kappa shape index (κ1) is 15.2. The van der Waals surface area contributed by atoms with E-state index >= 15 is 0 Å². The highest BCUT2D eigenvalue weighted by Crippen LogP contribution is 2.20. The Labute approximate surface area is 123 Å². The first-order valence-electron chi connectivity index (χ1n) is 6.97. The number of amides is 1. The third-order valence-electron chi connectivity index (χ3n) is 2.88. The van der Waals surface area contributed by atoms with Crippen LogP contribution in [0.5, 0.6) is 0 Å². The van der Waals surface area contributed by atoms with E-state index in [1.807, 2.05) is 20.8 Å². The summed E-state index contributed by atoms with van der Waals surface area (Å²) in [4.78, 5) is 14.0. The Morgan fingerprint density at radius 3 is 2.65 bits per heavy atom. The summed E-state index contributed by atoms with van der Waals surface area (Å²) in [5.41, 5.74) is -0.509. The van der Waals surface area contributed by atoms with Crippen LogP contribution < -0.4 is 5.32 Å². The van der Waals surface area contributed by atoms with Crippen molar-refractivity contribution in [2.24, 2.45) is 0 Å². The molecule has 0 aliphatic carbocycles. The molecule has 0 spiro atoms. The van der Waals surface area contributed by atoms with Crippen molar-refractivity contribution in [1.82, 2.24) is 15.1 Å². The van der Waals surface area contributed by atoms with Gasteiger partial charge in [0.05, 0.1) is 6.54 Å². The average molecular weight is 298 g/mol. The summed E-state index contributed by atoms with van der Waals surface area (Å²) in [7, 11) is 0. The highest BCUT2D eigenvalue weighted by Gasteiger charge is 2.18. The molecular formula is C13H22N4O2S. The third kappa shape index (κ3) is 5.05. The average Bonchev–Trinajstić information content (AvgIpc) is 2.75. The van der Waals surface area contributed by atoms with Crippen molar-refractivity contribution in [3.05, 3.63) is 5.01 Å². The number of nitrogens with one attached hydrogen (secondary N) is 1. The molecule has 1 aromatic rings. The van der Waals surface area contributed by atoms with Crippen molar-refractivity contribution < 1.29 is 9.53 Å². The predicted molar refractivity (Wildman–Crippen MR) is 78.9 cm³/mol. The molecule has 20 heavy (non-hydrogen) atoms. The second kappa shape index (κ2) is 6.49. The van der Waals surface area contributed by atoms with Crippen molar-refractivity contribution in [2.75, 3.05) is 18.4 Å². The summed E-state index contributed by atoms with van der Waals surface area (Å²) in [6, 6.07) is 0. The largest absolute Gasteiger partial charge is 0.444 e. The predicted octanol–water partition coefficient (Wildman–Crippen LogP) is 2.87. The van der Waals surface area contributed by atoms with Crippen LogP contribution in [0.3, 0.4) is 0 Å². The first-order valence-corrected chi connectivity index (χ1v) is 7.79. The van der Waals surface area contributed by atoms with Crippen LogP contribution in [-0.4, -0.2) is 39.9 Å². The number of nitrogens with zero attached hydrogens (tertiary/aromatic N) is 3. The summed E-state index contributed by atoms with van der Waals surface area (Å²) >= 11 is 1.41. The molecule has 2 rings (SSSR count). The summed E-state index contributed by atoms with van der Waals surface area (Å²) in [5.74, 6) is 0. The van der Waals surface area contributed by atoms with E-state index in [9.17, 15) is 4.79 Å². The lowest BCUT2D eigenvalue weighted by Gasteiger charge is -2.24. The molecule has 1 aromatic heterocycles. The molecule has 0 saturated carbocycles. The van der Waals surface area contributed by atoms with Gasteiger partial charge in [0, 0.05) is 0 Å². The number of hydrogen-bond acceptors (Lipinski definition) is 6. The number of rotatable bonds is 3. The molecule has 112 valence electrons. The lowest BCUT2D eigenvalue weighted by atomic mass is 10.1. The molecule has 1 aliphatic heterocycles. The van der Waals surface area contributed by atoms with Crippen LogP contribution in [0, 0.1) is 0 Å². The van der Waals surface area contributed by atoms with Gasteiger partial charge in [-0.25, -0.2) is 4.79 Å². The van der Waals surface area contributed by atoms with E-state index in [-0.39, 0.29) is 0 Å². The fraction of sp³-hybridized carbons (Fsp3) is 0.769. The van der Waals surface area contributed by atoms with E-state index in [4.69, 9.17) is 4.74 Å². The number of carbonyl (C=O) groups is 1. The van der Waals surface area contributed by atoms with Gasteiger partial charge in [-0.15, -0.1) is 10.2 Å². The molecule has 1 fully saturated rings. The molecule has 0 unspecified atom stereocenters. The van der Waals surface area contributed by atoms with Gasteiger partial charge >= 0.3 is 6.09 Å². The lowest BCUT2D eigenvalue weighted by Crippen LogP contribution is -2.29. The molecule has 7 heteroatoms. The molecule has 1 N–H and O–H groups in total. The Kier molecular flexibility index (Phi) is 4.93. The third-order valence-corrected chi connectivity index (χ3v) is 3.71. The van der Waals surface area contributed by atoms with Crippen molar-refractivity contribution in [1.29, 1.82) is 0 Å². The normalized spacial score (nSPS) is 16.9. The van der Waals surface area contributed by atoms with Gasteiger partial charge in [0.2, 0.25) is 5.13 Å². The van der Waals surface area contributed by atoms with Crippen LogP contribution in [-0.2, 0) is 11.3 Å². The van der Waals surface area contributed by atoms with Gasteiger partial charge in [-0.3, -0.25) is 10.2 Å². The van der Waals surface area contributed by atoms with E-state index in [0.717, 1.165) is 24.6 Å². The summed E-state index contributed by atoms with van der Waals surface area (Å²) in [5, 5.41) is 12.1. The molecule has 1 saturated heterocycles. The SMILES string of the molecule is CC(C)(C)OC(=O)Nc1nnc(CN2CCCCC2)s1. The Bertz CT molecular complexity index is 449. The molecule has 0 bridgehead atoms. The molecule has 1 aliphatic rings. The van der Waals surface area contributed by atoms with Gasteiger partial charge in [0.25, 0.3) is 0 Å². The molecule has 6 nitrogen and oxygen atoms in total. The van der Waals surface area contributed by atoms with Crippen molar-refractivity contribution in [3.63, 3.8) is 0 Å². The maximum absolute atomic E-state index is 11.6. The van der Waals surface area contributed by atoms with E-state index in [1.54, 1.807) is 0 Å². The summed E-state index contributed by atoms with van der Waals surface area (Å²) in [6.07, 6.45) is 3.33. The molecule has 1 amide bonds. The fourth-order valence-electron chi connectivity index (χ4n) is 2.07. The minimum absolute atomic E-state index is 0.488. The zero-order chi connectivity index (χ0) is 14.6. The standard InChI is InChI=1S/C13H22N4O2S/c1-13(2,3)19-12(18)14-11-16-15-10(20-11)9-17-7-5-4-6-8-17/h4-9H2,1-3H3,(H,14,16,18). The number of hydrogen-bond donors (Lipinski definition) is 1. The summed E-state index contributed by atoms with van der Waals surface area (Å²) < 4.78 is 5.18. The van der Waals surface area contributed by atoms with Crippen LogP contribution in [0.2, 0.25) is 0 Å². The topological polar surface area (TPSA) is 67.3 Å². The highest BCUT2D eigenvalue weighted by molar-refractivity contribution is 7.15. The van der Waals surface area contributed by atoms with Crippen LogP contribution in [0.4, 0.5) is 9.93 Å². The maximum atomic E-state index is 11.6.